The van der Waals surface area contributed by atoms with Crippen molar-refractivity contribution in [3.05, 3.63) is 23.2 Å². The molecule has 1 aliphatic rings. The van der Waals surface area contributed by atoms with Gasteiger partial charge in [-0.1, -0.05) is 18.0 Å². The second-order valence-electron chi connectivity index (χ2n) is 5.03. The van der Waals surface area contributed by atoms with E-state index < -0.39 is 10.0 Å². The van der Waals surface area contributed by atoms with E-state index >= 15 is 0 Å². The molecule has 2 atom stereocenters. The van der Waals surface area contributed by atoms with Gasteiger partial charge in [-0.05, 0) is 43.7 Å². The number of nitrogens with one attached hydrogen (secondary N) is 1. The highest BCUT2D eigenvalue weighted by atomic mass is 35.5. The van der Waals surface area contributed by atoms with Crippen molar-refractivity contribution in [3.63, 3.8) is 0 Å². The third-order valence-electron chi connectivity index (χ3n) is 3.56. The lowest BCUT2D eigenvalue weighted by Crippen LogP contribution is -2.39. The molecule has 4 nitrogen and oxygen atoms in total. The molecule has 2 rings (SSSR count). The zero-order valence-corrected chi connectivity index (χ0v) is 13.7. The van der Waals surface area contributed by atoms with E-state index in [0.29, 0.717) is 10.9 Å². The largest absolute Gasteiger partial charge is 0.398 e. The van der Waals surface area contributed by atoms with Gasteiger partial charge in [0.2, 0.25) is 10.0 Å². The highest BCUT2D eigenvalue weighted by Gasteiger charge is 2.26. The first-order chi connectivity index (χ1) is 9.42. The summed E-state index contributed by atoms with van der Waals surface area (Å²) in [5, 5.41) is 0.796. The zero-order chi connectivity index (χ0) is 14.8. The van der Waals surface area contributed by atoms with Gasteiger partial charge < -0.3 is 5.73 Å². The van der Waals surface area contributed by atoms with Crippen LogP contribution in [0.15, 0.2) is 23.1 Å². The molecule has 0 aromatic heterocycles. The number of halogens is 1. The molecule has 0 amide bonds. The number of anilines is 1. The third-order valence-corrected chi connectivity index (χ3v) is 6.50. The summed E-state index contributed by atoms with van der Waals surface area (Å²) in [6, 6.07) is 4.40. The van der Waals surface area contributed by atoms with E-state index in [1.807, 2.05) is 0 Å². The highest BCUT2D eigenvalue weighted by Crippen LogP contribution is 2.28. The topological polar surface area (TPSA) is 72.2 Å². The van der Waals surface area contributed by atoms with Crippen molar-refractivity contribution in [2.24, 2.45) is 0 Å². The molecule has 1 fully saturated rings. The van der Waals surface area contributed by atoms with Crippen LogP contribution >= 0.6 is 23.4 Å². The van der Waals surface area contributed by atoms with E-state index in [-0.39, 0.29) is 16.0 Å². The minimum atomic E-state index is -3.53. The van der Waals surface area contributed by atoms with Crippen LogP contribution in [0.1, 0.15) is 25.7 Å². The standard InChI is InChI=1S/C13H19ClN2O2S2/c1-19-10-4-2-3-9(7-10)16-20(17,18)11-5-6-13(15)12(14)8-11/h5-6,8-10,16H,2-4,7,15H2,1H3. The third kappa shape index (κ3) is 3.81. The van der Waals surface area contributed by atoms with E-state index in [1.54, 1.807) is 11.8 Å². The van der Waals surface area contributed by atoms with Gasteiger partial charge in [0.1, 0.15) is 0 Å². The van der Waals surface area contributed by atoms with Gasteiger partial charge in [-0.25, -0.2) is 13.1 Å². The molecule has 1 aromatic carbocycles. The van der Waals surface area contributed by atoms with Gasteiger partial charge in [0.15, 0.2) is 0 Å². The summed E-state index contributed by atoms with van der Waals surface area (Å²) in [7, 11) is -3.53. The number of nitrogen functional groups attached to an aromatic ring is 1. The molecule has 2 unspecified atom stereocenters. The fourth-order valence-electron chi connectivity index (χ4n) is 2.43. The molecule has 3 N–H and O–H groups in total. The van der Waals surface area contributed by atoms with E-state index in [4.69, 9.17) is 17.3 Å². The molecule has 0 saturated heterocycles. The second kappa shape index (κ2) is 6.56. The Hall–Kier alpha value is -0.430. The Morgan fingerprint density at radius 1 is 1.40 bits per heavy atom. The maximum atomic E-state index is 12.3. The summed E-state index contributed by atoms with van der Waals surface area (Å²) < 4.78 is 27.5. The van der Waals surface area contributed by atoms with Gasteiger partial charge in [0.25, 0.3) is 0 Å². The average molecular weight is 335 g/mol. The number of nitrogens with two attached hydrogens (primary N) is 1. The Morgan fingerprint density at radius 3 is 2.80 bits per heavy atom. The highest BCUT2D eigenvalue weighted by molar-refractivity contribution is 7.99. The van der Waals surface area contributed by atoms with Gasteiger partial charge in [0.05, 0.1) is 15.6 Å². The van der Waals surface area contributed by atoms with Crippen molar-refractivity contribution in [3.8, 4) is 0 Å². The molecule has 1 aromatic rings. The van der Waals surface area contributed by atoms with Crippen molar-refractivity contribution in [1.82, 2.24) is 4.72 Å². The molecule has 0 radical (unpaired) electrons. The molecule has 1 saturated carbocycles. The first-order valence-corrected chi connectivity index (χ1v) is 9.67. The van der Waals surface area contributed by atoms with Crippen LogP contribution < -0.4 is 10.5 Å². The van der Waals surface area contributed by atoms with E-state index in [9.17, 15) is 8.42 Å². The van der Waals surface area contributed by atoms with Gasteiger partial charge >= 0.3 is 0 Å². The van der Waals surface area contributed by atoms with Crippen LogP contribution in [0.4, 0.5) is 5.69 Å². The predicted molar refractivity (Wildman–Crippen MR) is 85.7 cm³/mol. The van der Waals surface area contributed by atoms with E-state index in [2.05, 4.69) is 11.0 Å². The van der Waals surface area contributed by atoms with Crippen molar-refractivity contribution in [1.29, 1.82) is 0 Å². The fourth-order valence-corrected chi connectivity index (χ4v) is 4.81. The molecule has 0 heterocycles. The molecule has 1 aliphatic carbocycles. The van der Waals surface area contributed by atoms with Crippen molar-refractivity contribution in [2.75, 3.05) is 12.0 Å². The van der Waals surface area contributed by atoms with Crippen LogP contribution in [0.25, 0.3) is 0 Å². The Kier molecular flexibility index (Phi) is 5.23. The summed E-state index contributed by atoms with van der Waals surface area (Å²) in [5.41, 5.74) is 5.98. The summed E-state index contributed by atoms with van der Waals surface area (Å²) in [6.45, 7) is 0. The van der Waals surface area contributed by atoms with Crippen LogP contribution in [0, 0.1) is 0 Å². The summed E-state index contributed by atoms with van der Waals surface area (Å²) in [6.07, 6.45) is 6.05. The van der Waals surface area contributed by atoms with Crippen LogP contribution in [0.5, 0.6) is 0 Å². The molecule has 0 spiro atoms. The minimum absolute atomic E-state index is 0.00234. The summed E-state index contributed by atoms with van der Waals surface area (Å²) >= 11 is 7.69. The fraction of sp³-hybridized carbons (Fsp3) is 0.538. The monoisotopic (exact) mass is 334 g/mol. The SMILES string of the molecule is CSC1CCCC(NS(=O)(=O)c2ccc(N)c(Cl)c2)C1. The molecule has 7 heteroatoms. The Labute approximate surface area is 129 Å². The molecule has 0 aliphatic heterocycles. The number of hydrogen-bond acceptors (Lipinski definition) is 4. The van der Waals surface area contributed by atoms with Gasteiger partial charge in [0, 0.05) is 11.3 Å². The Balaban J connectivity index is 2.12. The van der Waals surface area contributed by atoms with Crippen molar-refractivity contribution < 1.29 is 8.42 Å². The Bertz CT molecular complexity index is 578. The molecule has 0 bridgehead atoms. The number of sulfonamides is 1. The predicted octanol–water partition coefficient (Wildman–Crippen LogP) is 2.87. The van der Waals surface area contributed by atoms with Crippen LogP contribution in [0.3, 0.4) is 0 Å². The zero-order valence-electron chi connectivity index (χ0n) is 11.3. The molecule has 112 valence electrons. The second-order valence-corrected chi connectivity index (χ2v) is 8.29. The molecular weight excluding hydrogens is 316 g/mol. The first-order valence-electron chi connectivity index (χ1n) is 6.52. The quantitative estimate of drug-likeness (QED) is 0.830. The number of thioether (sulfide) groups is 1. The molecular formula is C13H19ClN2O2S2. The van der Waals surface area contributed by atoms with Crippen molar-refractivity contribution >= 4 is 39.1 Å². The maximum absolute atomic E-state index is 12.3. The Morgan fingerprint density at radius 2 is 2.15 bits per heavy atom. The summed E-state index contributed by atoms with van der Waals surface area (Å²) in [5.74, 6) is 0. The van der Waals surface area contributed by atoms with Crippen molar-refractivity contribution in [2.45, 2.75) is 41.9 Å². The van der Waals surface area contributed by atoms with E-state index in [0.717, 1.165) is 25.7 Å². The lowest BCUT2D eigenvalue weighted by Gasteiger charge is -2.28. The first kappa shape index (κ1) is 15.9. The lowest BCUT2D eigenvalue weighted by molar-refractivity contribution is 0.421. The smallest absolute Gasteiger partial charge is 0.240 e. The lowest BCUT2D eigenvalue weighted by atomic mass is 9.96. The molecule has 20 heavy (non-hydrogen) atoms. The van der Waals surface area contributed by atoms with Crippen LogP contribution in [0.2, 0.25) is 5.02 Å². The number of benzene rings is 1. The van der Waals surface area contributed by atoms with Crippen LogP contribution in [-0.4, -0.2) is 26.0 Å². The number of hydrogen-bond donors (Lipinski definition) is 2. The normalized spacial score (nSPS) is 23.7. The summed E-state index contributed by atoms with van der Waals surface area (Å²) in [4.78, 5) is 0.169. The van der Waals surface area contributed by atoms with Gasteiger partial charge in [-0.2, -0.15) is 11.8 Å². The van der Waals surface area contributed by atoms with E-state index in [1.165, 1.54) is 18.2 Å². The maximum Gasteiger partial charge on any atom is 0.240 e. The minimum Gasteiger partial charge on any atom is -0.398 e. The van der Waals surface area contributed by atoms with Crippen LogP contribution in [-0.2, 0) is 10.0 Å². The number of rotatable bonds is 4. The van der Waals surface area contributed by atoms with Gasteiger partial charge in [-0.3, -0.25) is 0 Å². The van der Waals surface area contributed by atoms with Gasteiger partial charge in [-0.15, -0.1) is 0 Å². The average Bonchev–Trinajstić information content (AvgIpc) is 2.41.